The van der Waals surface area contributed by atoms with Crippen molar-refractivity contribution in [3.8, 4) is 5.69 Å². The number of benzene rings is 2. The molecule has 4 aromatic rings. The number of hydrogen-bond donors (Lipinski definition) is 1. The van der Waals surface area contributed by atoms with Gasteiger partial charge in [-0.25, -0.2) is 10.4 Å². The summed E-state index contributed by atoms with van der Waals surface area (Å²) in [6, 6.07) is 16.5. The van der Waals surface area contributed by atoms with Gasteiger partial charge in [-0.15, -0.1) is 11.3 Å². The van der Waals surface area contributed by atoms with Gasteiger partial charge in [0.05, 0.1) is 17.3 Å². The summed E-state index contributed by atoms with van der Waals surface area (Å²) in [7, 11) is 0. The summed E-state index contributed by atoms with van der Waals surface area (Å²) in [5.41, 5.74) is 5.74. The van der Waals surface area contributed by atoms with E-state index < -0.39 is 0 Å². The Hall–Kier alpha value is -3.58. The number of carbonyl (C=O) groups excluding carboxylic acids is 1. The van der Waals surface area contributed by atoms with Gasteiger partial charge in [-0.05, 0) is 68.0 Å². The van der Waals surface area contributed by atoms with Crippen LogP contribution >= 0.6 is 11.3 Å². The monoisotopic (exact) mass is 442 g/mol. The summed E-state index contributed by atoms with van der Waals surface area (Å²) in [5.74, 6) is 0.332. The fourth-order valence-corrected chi connectivity index (χ4v) is 5.44. The van der Waals surface area contributed by atoms with Gasteiger partial charge in [-0.3, -0.25) is 14.2 Å². The first-order valence-corrected chi connectivity index (χ1v) is 11.5. The number of rotatable bonds is 4. The van der Waals surface area contributed by atoms with Crippen molar-refractivity contribution in [1.82, 2.24) is 15.0 Å². The number of nitrogens with zero attached hydrogens (tertiary/aromatic N) is 3. The van der Waals surface area contributed by atoms with Crippen LogP contribution in [0, 0.1) is 6.92 Å². The summed E-state index contributed by atoms with van der Waals surface area (Å²) in [5, 5.41) is 4.76. The van der Waals surface area contributed by atoms with Crippen LogP contribution in [0.5, 0.6) is 0 Å². The van der Waals surface area contributed by atoms with E-state index in [2.05, 4.69) is 10.5 Å². The van der Waals surface area contributed by atoms with Gasteiger partial charge in [0.2, 0.25) is 0 Å². The van der Waals surface area contributed by atoms with E-state index in [1.165, 1.54) is 16.9 Å². The third-order valence-corrected chi connectivity index (χ3v) is 6.91. The van der Waals surface area contributed by atoms with Gasteiger partial charge >= 0.3 is 0 Å². The van der Waals surface area contributed by atoms with Crippen LogP contribution < -0.4 is 11.0 Å². The number of fused-ring (bicyclic) bond motifs is 3. The van der Waals surface area contributed by atoms with E-state index in [1.54, 1.807) is 46.4 Å². The maximum Gasteiger partial charge on any atom is 0.271 e. The minimum atomic E-state index is -0.312. The molecule has 0 atom stereocenters. The van der Waals surface area contributed by atoms with Crippen LogP contribution in [0.3, 0.4) is 0 Å². The van der Waals surface area contributed by atoms with Crippen LogP contribution in [0.15, 0.2) is 64.5 Å². The molecule has 1 amide bonds. The Kier molecular flexibility index (Phi) is 5.41. The second kappa shape index (κ2) is 8.51. The van der Waals surface area contributed by atoms with E-state index in [9.17, 15) is 9.59 Å². The third-order valence-electron chi connectivity index (χ3n) is 5.72. The van der Waals surface area contributed by atoms with Gasteiger partial charge in [-0.2, -0.15) is 5.10 Å². The Bertz CT molecular complexity index is 1390. The van der Waals surface area contributed by atoms with Gasteiger partial charge in [0.1, 0.15) is 10.7 Å². The molecule has 1 aliphatic carbocycles. The fraction of sp³-hybridized carbons (Fsp3) is 0.200. The van der Waals surface area contributed by atoms with Crippen LogP contribution in [-0.2, 0) is 12.8 Å². The number of hydrogen-bond acceptors (Lipinski definition) is 5. The zero-order valence-corrected chi connectivity index (χ0v) is 18.5. The van der Waals surface area contributed by atoms with E-state index >= 15 is 0 Å². The zero-order valence-electron chi connectivity index (χ0n) is 17.7. The molecule has 0 unspecified atom stereocenters. The lowest BCUT2D eigenvalue weighted by atomic mass is 9.97. The predicted octanol–water partition coefficient (Wildman–Crippen LogP) is 4.40. The van der Waals surface area contributed by atoms with Crippen molar-refractivity contribution >= 4 is 33.7 Å². The first-order chi connectivity index (χ1) is 15.6. The highest BCUT2D eigenvalue weighted by Gasteiger charge is 2.21. The number of amides is 1. The molecule has 7 heteroatoms. The second-order valence-electron chi connectivity index (χ2n) is 7.85. The summed E-state index contributed by atoms with van der Waals surface area (Å²) in [6.45, 7) is 1.85. The van der Waals surface area contributed by atoms with E-state index in [-0.39, 0.29) is 11.5 Å². The van der Waals surface area contributed by atoms with Crippen LogP contribution in [0.25, 0.3) is 15.9 Å². The minimum Gasteiger partial charge on any atom is -0.268 e. The first-order valence-electron chi connectivity index (χ1n) is 10.6. The molecule has 2 aromatic heterocycles. The molecule has 160 valence electrons. The highest BCUT2D eigenvalue weighted by Crippen LogP contribution is 2.34. The van der Waals surface area contributed by atoms with Crippen molar-refractivity contribution in [3.63, 3.8) is 0 Å². The van der Waals surface area contributed by atoms with Crippen LogP contribution in [-0.4, -0.2) is 21.7 Å². The molecule has 2 heterocycles. The zero-order chi connectivity index (χ0) is 22.1. The Morgan fingerprint density at radius 1 is 1.09 bits per heavy atom. The molecule has 0 aliphatic heterocycles. The fourth-order valence-electron chi connectivity index (χ4n) is 4.14. The summed E-state index contributed by atoms with van der Waals surface area (Å²) in [4.78, 5) is 32.7. The van der Waals surface area contributed by atoms with Crippen molar-refractivity contribution in [2.75, 3.05) is 0 Å². The largest absolute Gasteiger partial charge is 0.271 e. The van der Waals surface area contributed by atoms with Gasteiger partial charge in [-0.1, -0.05) is 30.3 Å². The molecule has 0 bridgehead atoms. The van der Waals surface area contributed by atoms with E-state index in [4.69, 9.17) is 4.98 Å². The van der Waals surface area contributed by atoms with Crippen LogP contribution in [0.1, 0.15) is 45.0 Å². The summed E-state index contributed by atoms with van der Waals surface area (Å²) >= 11 is 1.65. The maximum atomic E-state index is 13.4. The molecule has 5 rings (SSSR count). The van der Waals surface area contributed by atoms with Crippen LogP contribution in [0.2, 0.25) is 0 Å². The first kappa shape index (κ1) is 20.3. The Balaban J connectivity index is 1.42. The number of aryl methyl sites for hydroxylation is 3. The molecule has 0 saturated carbocycles. The van der Waals surface area contributed by atoms with Crippen molar-refractivity contribution in [2.24, 2.45) is 5.10 Å². The van der Waals surface area contributed by atoms with Gasteiger partial charge in [0.15, 0.2) is 0 Å². The molecule has 0 saturated heterocycles. The molecule has 2 aromatic carbocycles. The Labute approximate surface area is 189 Å². The smallest absolute Gasteiger partial charge is 0.268 e. The number of hydrazone groups is 1. The molecule has 1 N–H and O–H groups in total. The Morgan fingerprint density at radius 3 is 2.62 bits per heavy atom. The lowest BCUT2D eigenvalue weighted by molar-refractivity contribution is 0.0955. The third kappa shape index (κ3) is 3.76. The molecular formula is C25H22N4O2S. The number of aromatic nitrogens is 2. The standard InChI is InChI=1S/C25H22N4O2S/c1-16-27-24-22(20-9-5-6-10-21(20)32-24)25(31)29(16)19-13-11-18(12-14-19)23(30)28-26-15-17-7-3-2-4-8-17/h2-4,7-8,11-15H,5-6,9-10H2,1H3,(H,28,30)/b26-15-. The van der Waals surface area contributed by atoms with E-state index in [0.29, 0.717) is 17.1 Å². The number of nitrogens with one attached hydrogen (secondary N) is 1. The summed E-state index contributed by atoms with van der Waals surface area (Å²) < 4.78 is 1.64. The Morgan fingerprint density at radius 2 is 1.84 bits per heavy atom. The van der Waals surface area contributed by atoms with E-state index in [1.807, 2.05) is 37.3 Å². The van der Waals surface area contributed by atoms with Crippen molar-refractivity contribution in [1.29, 1.82) is 0 Å². The SMILES string of the molecule is Cc1nc2sc3c(c2c(=O)n1-c1ccc(C(=O)N/N=C\c2ccccc2)cc1)CCCC3. The van der Waals surface area contributed by atoms with Crippen molar-refractivity contribution < 1.29 is 4.79 Å². The van der Waals surface area contributed by atoms with Gasteiger partial charge < -0.3 is 0 Å². The summed E-state index contributed by atoms with van der Waals surface area (Å²) in [6.07, 6.45) is 5.86. The quantitative estimate of drug-likeness (QED) is 0.376. The molecule has 6 nitrogen and oxygen atoms in total. The normalized spacial score (nSPS) is 13.4. The molecule has 0 spiro atoms. The van der Waals surface area contributed by atoms with E-state index in [0.717, 1.165) is 35.0 Å². The molecule has 32 heavy (non-hydrogen) atoms. The van der Waals surface area contributed by atoms with Gasteiger partial charge in [0, 0.05) is 10.4 Å². The lowest BCUT2D eigenvalue weighted by Gasteiger charge is -2.12. The average molecular weight is 443 g/mol. The minimum absolute atomic E-state index is 0.0310. The molecular weight excluding hydrogens is 420 g/mol. The molecule has 1 aliphatic rings. The second-order valence-corrected chi connectivity index (χ2v) is 8.93. The number of carbonyl (C=O) groups is 1. The van der Waals surface area contributed by atoms with Crippen molar-refractivity contribution in [2.45, 2.75) is 32.6 Å². The average Bonchev–Trinajstić information content (AvgIpc) is 3.18. The highest BCUT2D eigenvalue weighted by molar-refractivity contribution is 7.18. The molecule has 0 fully saturated rings. The predicted molar refractivity (Wildman–Crippen MR) is 128 cm³/mol. The maximum absolute atomic E-state index is 13.4. The molecule has 0 radical (unpaired) electrons. The van der Waals surface area contributed by atoms with Gasteiger partial charge in [0.25, 0.3) is 11.5 Å². The van der Waals surface area contributed by atoms with Crippen LogP contribution in [0.4, 0.5) is 0 Å². The highest BCUT2D eigenvalue weighted by atomic mass is 32.1. The lowest BCUT2D eigenvalue weighted by Crippen LogP contribution is -2.23. The van der Waals surface area contributed by atoms with Crippen molar-refractivity contribution in [3.05, 3.63) is 92.3 Å². The topological polar surface area (TPSA) is 76.3 Å². The number of thiophene rings is 1.